The Hall–Kier alpha value is -1.69. The number of hydrogen-bond acceptors (Lipinski definition) is 4. The number of aromatic nitrogens is 2. The zero-order chi connectivity index (χ0) is 16.4. The Balaban J connectivity index is 2.37. The summed E-state index contributed by atoms with van der Waals surface area (Å²) in [5.74, 6) is 0.542. The van der Waals surface area contributed by atoms with E-state index in [0.717, 1.165) is 34.7 Å². The summed E-state index contributed by atoms with van der Waals surface area (Å²) in [5.41, 5.74) is 0.861. The largest absolute Gasteiger partial charge is 0.344 e. The van der Waals surface area contributed by atoms with Gasteiger partial charge in [0.15, 0.2) is 0 Å². The molecule has 0 atom stereocenters. The van der Waals surface area contributed by atoms with Gasteiger partial charge in [-0.1, -0.05) is 13.3 Å². The van der Waals surface area contributed by atoms with E-state index in [1.165, 1.54) is 15.9 Å². The minimum absolute atomic E-state index is 0.0515. The van der Waals surface area contributed by atoms with Crippen molar-refractivity contribution in [1.29, 1.82) is 0 Å². The van der Waals surface area contributed by atoms with E-state index in [0.29, 0.717) is 11.2 Å². The van der Waals surface area contributed by atoms with E-state index < -0.39 is 0 Å². The highest BCUT2D eigenvalue weighted by atomic mass is 32.1. The van der Waals surface area contributed by atoms with Crippen molar-refractivity contribution in [2.24, 2.45) is 0 Å². The summed E-state index contributed by atoms with van der Waals surface area (Å²) in [4.78, 5) is 33.1. The molecule has 2 aromatic rings. The van der Waals surface area contributed by atoms with Crippen LogP contribution in [0.25, 0.3) is 10.2 Å². The molecule has 0 fully saturated rings. The van der Waals surface area contributed by atoms with Crippen LogP contribution in [0.1, 0.15) is 36.0 Å². The average molecular weight is 321 g/mol. The van der Waals surface area contributed by atoms with Crippen LogP contribution in [0.4, 0.5) is 0 Å². The van der Waals surface area contributed by atoms with E-state index in [-0.39, 0.29) is 18.0 Å². The van der Waals surface area contributed by atoms with Crippen molar-refractivity contribution in [3.63, 3.8) is 0 Å². The monoisotopic (exact) mass is 321 g/mol. The molecule has 2 aromatic heterocycles. The Morgan fingerprint density at radius 1 is 1.32 bits per heavy atom. The number of amides is 1. The standard InChI is InChI=1S/C16H23N3O2S/c1-6-7-8-18(5)13(20)9-19-12(4)17-15-14(16(19)21)10(2)11(3)22-15/h6-9H2,1-5H3. The fourth-order valence-electron chi connectivity index (χ4n) is 2.39. The van der Waals surface area contributed by atoms with Crippen LogP contribution in [-0.2, 0) is 11.3 Å². The fourth-order valence-corrected chi connectivity index (χ4v) is 3.46. The molecule has 6 heteroatoms. The summed E-state index contributed by atoms with van der Waals surface area (Å²) in [7, 11) is 1.78. The van der Waals surface area contributed by atoms with E-state index in [9.17, 15) is 9.59 Å². The molecule has 0 aliphatic rings. The number of nitrogens with zero attached hydrogens (tertiary/aromatic N) is 3. The maximum atomic E-state index is 12.7. The van der Waals surface area contributed by atoms with Crippen molar-refractivity contribution >= 4 is 27.5 Å². The molecule has 0 aliphatic carbocycles. The Kier molecular flexibility index (Phi) is 5.01. The molecule has 0 bridgehead atoms. The van der Waals surface area contributed by atoms with Crippen LogP contribution >= 0.6 is 11.3 Å². The van der Waals surface area contributed by atoms with Crippen LogP contribution in [0.5, 0.6) is 0 Å². The van der Waals surface area contributed by atoms with Crippen molar-refractivity contribution in [2.75, 3.05) is 13.6 Å². The molecule has 120 valence electrons. The summed E-state index contributed by atoms with van der Waals surface area (Å²) in [6.07, 6.45) is 2.01. The summed E-state index contributed by atoms with van der Waals surface area (Å²) in [5, 5.41) is 0.650. The van der Waals surface area contributed by atoms with Gasteiger partial charge in [-0.05, 0) is 32.8 Å². The predicted octanol–water partition coefficient (Wildman–Crippen LogP) is 2.64. The number of carbonyl (C=O) groups is 1. The van der Waals surface area contributed by atoms with Crippen LogP contribution in [0.2, 0.25) is 0 Å². The molecule has 2 rings (SSSR count). The Labute approximate surface area is 134 Å². The topological polar surface area (TPSA) is 55.2 Å². The summed E-state index contributed by atoms with van der Waals surface area (Å²) >= 11 is 1.53. The molecular formula is C16H23N3O2S. The third kappa shape index (κ3) is 3.06. The minimum Gasteiger partial charge on any atom is -0.344 e. The molecule has 2 heterocycles. The SMILES string of the molecule is CCCCN(C)C(=O)Cn1c(C)nc2sc(C)c(C)c2c1=O. The van der Waals surface area contributed by atoms with E-state index >= 15 is 0 Å². The van der Waals surface area contributed by atoms with Crippen molar-refractivity contribution in [3.05, 3.63) is 26.6 Å². The number of fused-ring (bicyclic) bond motifs is 1. The first-order valence-corrected chi connectivity index (χ1v) is 8.39. The first-order valence-electron chi connectivity index (χ1n) is 7.57. The third-order valence-electron chi connectivity index (χ3n) is 4.05. The van der Waals surface area contributed by atoms with E-state index in [1.54, 1.807) is 18.9 Å². The second-order valence-corrected chi connectivity index (χ2v) is 6.89. The summed E-state index contributed by atoms with van der Waals surface area (Å²) < 4.78 is 1.49. The second kappa shape index (κ2) is 6.60. The van der Waals surface area contributed by atoms with Gasteiger partial charge >= 0.3 is 0 Å². The molecule has 0 spiro atoms. The molecular weight excluding hydrogens is 298 g/mol. The summed E-state index contributed by atoms with van der Waals surface area (Å²) in [6.45, 7) is 8.57. The first kappa shape index (κ1) is 16.7. The number of aryl methyl sites for hydroxylation is 3. The second-order valence-electron chi connectivity index (χ2n) is 5.68. The van der Waals surface area contributed by atoms with Gasteiger partial charge in [-0.3, -0.25) is 14.2 Å². The highest BCUT2D eigenvalue weighted by molar-refractivity contribution is 7.18. The summed E-state index contributed by atoms with van der Waals surface area (Å²) in [6, 6.07) is 0. The lowest BCUT2D eigenvalue weighted by Gasteiger charge is -2.18. The van der Waals surface area contributed by atoms with Gasteiger partial charge in [0.25, 0.3) is 5.56 Å². The molecule has 0 aromatic carbocycles. The Bertz CT molecular complexity index is 761. The molecule has 1 amide bonds. The third-order valence-corrected chi connectivity index (χ3v) is 5.15. The lowest BCUT2D eigenvalue weighted by molar-refractivity contribution is -0.130. The number of likely N-dealkylation sites (N-methyl/N-ethyl adjacent to an activating group) is 1. The fraction of sp³-hybridized carbons (Fsp3) is 0.562. The molecule has 0 N–H and O–H groups in total. The number of hydrogen-bond donors (Lipinski definition) is 0. The van der Waals surface area contributed by atoms with E-state index in [2.05, 4.69) is 11.9 Å². The number of rotatable bonds is 5. The van der Waals surface area contributed by atoms with Crippen molar-refractivity contribution in [1.82, 2.24) is 14.5 Å². The Morgan fingerprint density at radius 2 is 2.00 bits per heavy atom. The number of thiophene rings is 1. The van der Waals surface area contributed by atoms with Gasteiger partial charge in [0.05, 0.1) is 5.39 Å². The molecule has 5 nitrogen and oxygen atoms in total. The van der Waals surface area contributed by atoms with E-state index in [1.807, 2.05) is 13.8 Å². The zero-order valence-electron chi connectivity index (χ0n) is 13.9. The molecule has 0 unspecified atom stereocenters. The Morgan fingerprint density at radius 3 is 2.64 bits per heavy atom. The van der Waals surface area contributed by atoms with Gasteiger partial charge < -0.3 is 4.90 Å². The maximum absolute atomic E-state index is 12.7. The maximum Gasteiger partial charge on any atom is 0.263 e. The zero-order valence-corrected chi connectivity index (χ0v) is 14.7. The van der Waals surface area contributed by atoms with Gasteiger partial charge in [-0.15, -0.1) is 11.3 Å². The number of unbranched alkanes of at least 4 members (excludes halogenated alkanes) is 1. The van der Waals surface area contributed by atoms with Crippen molar-refractivity contribution in [2.45, 2.75) is 47.1 Å². The van der Waals surface area contributed by atoms with Gasteiger partial charge in [-0.2, -0.15) is 0 Å². The highest BCUT2D eigenvalue weighted by Crippen LogP contribution is 2.26. The van der Waals surface area contributed by atoms with E-state index in [4.69, 9.17) is 0 Å². The van der Waals surface area contributed by atoms with Crippen LogP contribution in [0.3, 0.4) is 0 Å². The highest BCUT2D eigenvalue weighted by Gasteiger charge is 2.17. The molecule has 0 saturated carbocycles. The van der Waals surface area contributed by atoms with Gasteiger partial charge in [-0.25, -0.2) is 4.98 Å². The molecule has 22 heavy (non-hydrogen) atoms. The van der Waals surface area contributed by atoms with Gasteiger partial charge in [0.1, 0.15) is 17.2 Å². The molecule has 0 radical (unpaired) electrons. The lowest BCUT2D eigenvalue weighted by atomic mass is 10.2. The smallest absolute Gasteiger partial charge is 0.263 e. The minimum atomic E-state index is -0.110. The van der Waals surface area contributed by atoms with Gasteiger partial charge in [0.2, 0.25) is 5.91 Å². The van der Waals surface area contributed by atoms with Crippen LogP contribution in [0, 0.1) is 20.8 Å². The molecule has 0 saturated heterocycles. The molecule has 0 aliphatic heterocycles. The van der Waals surface area contributed by atoms with Crippen molar-refractivity contribution in [3.8, 4) is 0 Å². The van der Waals surface area contributed by atoms with Crippen LogP contribution < -0.4 is 5.56 Å². The first-order chi connectivity index (χ1) is 10.4. The number of carbonyl (C=O) groups excluding carboxylic acids is 1. The van der Waals surface area contributed by atoms with Crippen LogP contribution in [0.15, 0.2) is 4.79 Å². The predicted molar refractivity (Wildman–Crippen MR) is 90.6 cm³/mol. The van der Waals surface area contributed by atoms with Crippen LogP contribution in [-0.4, -0.2) is 34.0 Å². The van der Waals surface area contributed by atoms with Crippen molar-refractivity contribution < 1.29 is 4.79 Å². The van der Waals surface area contributed by atoms with Gasteiger partial charge in [0, 0.05) is 18.5 Å². The normalized spacial score (nSPS) is 11.1. The quantitative estimate of drug-likeness (QED) is 0.850. The average Bonchev–Trinajstić information content (AvgIpc) is 2.75. The lowest BCUT2D eigenvalue weighted by Crippen LogP contribution is -2.35.